The second-order valence-electron chi connectivity index (χ2n) is 3.92. The second-order valence-corrected chi connectivity index (χ2v) is 3.92. The van der Waals surface area contributed by atoms with Crippen LogP contribution in [0.5, 0.6) is 0 Å². The van der Waals surface area contributed by atoms with E-state index >= 15 is 0 Å². The minimum absolute atomic E-state index is 0.0805. The third-order valence-electron chi connectivity index (χ3n) is 2.75. The number of halogens is 1. The van der Waals surface area contributed by atoms with Gasteiger partial charge in [-0.15, -0.1) is 0 Å². The number of nitrogens with one attached hydrogen (secondary N) is 1. The first-order chi connectivity index (χ1) is 8.97. The van der Waals surface area contributed by atoms with Gasteiger partial charge in [0.1, 0.15) is 5.82 Å². The van der Waals surface area contributed by atoms with Gasteiger partial charge >= 0.3 is 5.97 Å². The Morgan fingerprint density at radius 1 is 1.21 bits per heavy atom. The third-order valence-corrected chi connectivity index (χ3v) is 2.75. The molecule has 5 nitrogen and oxygen atoms in total. The van der Waals surface area contributed by atoms with E-state index in [9.17, 15) is 18.8 Å². The lowest BCUT2D eigenvalue weighted by Crippen LogP contribution is -2.09. The summed E-state index contributed by atoms with van der Waals surface area (Å²) in [5.41, 5.74) is 0.142. The predicted molar refractivity (Wildman–Crippen MR) is 64.6 cm³/mol. The molecule has 2 rings (SSSR count). The largest absolute Gasteiger partial charge is 0.465 e. The van der Waals surface area contributed by atoms with Gasteiger partial charge in [-0.25, -0.2) is 9.18 Å². The van der Waals surface area contributed by atoms with Crippen molar-refractivity contribution in [2.24, 2.45) is 0 Å². The molecule has 19 heavy (non-hydrogen) atoms. The fourth-order valence-corrected chi connectivity index (χ4v) is 1.86. The second kappa shape index (κ2) is 4.64. The number of carbonyl (C=O) groups is 3. The van der Waals surface area contributed by atoms with Crippen molar-refractivity contribution in [3.63, 3.8) is 0 Å². The minimum Gasteiger partial charge on any atom is -0.465 e. The van der Waals surface area contributed by atoms with Gasteiger partial charge in [0.25, 0.3) is 0 Å². The van der Waals surface area contributed by atoms with E-state index in [4.69, 9.17) is 0 Å². The number of carbonyl (C=O) groups excluding carboxylic acids is 3. The van der Waals surface area contributed by atoms with Gasteiger partial charge < -0.3 is 9.72 Å². The normalized spacial score (nSPS) is 10.5. The van der Waals surface area contributed by atoms with Crippen molar-refractivity contribution in [1.82, 2.24) is 4.98 Å². The van der Waals surface area contributed by atoms with E-state index in [1.54, 1.807) is 0 Å². The standard InChI is InChI=1S/C13H10FNO4/c1-6(16)12(17)8-5-15-11-7(13(18)19-2)3-4-9(14)10(8)11/h3-5,15H,1-2H3. The molecule has 1 aromatic carbocycles. The minimum atomic E-state index is -0.813. The van der Waals surface area contributed by atoms with Gasteiger partial charge in [-0.2, -0.15) is 0 Å². The molecule has 0 aliphatic carbocycles. The number of hydrogen-bond acceptors (Lipinski definition) is 4. The molecule has 2 aromatic rings. The molecule has 98 valence electrons. The van der Waals surface area contributed by atoms with Crippen LogP contribution >= 0.6 is 0 Å². The molecule has 0 saturated heterocycles. The monoisotopic (exact) mass is 263 g/mol. The molecular weight excluding hydrogens is 253 g/mol. The Morgan fingerprint density at radius 2 is 1.89 bits per heavy atom. The molecule has 0 spiro atoms. The van der Waals surface area contributed by atoms with Crippen LogP contribution in [0, 0.1) is 5.82 Å². The number of methoxy groups -OCH3 is 1. The van der Waals surface area contributed by atoms with Crippen LogP contribution in [0.15, 0.2) is 18.3 Å². The molecule has 0 saturated carbocycles. The quantitative estimate of drug-likeness (QED) is 0.521. The number of fused-ring (bicyclic) bond motifs is 1. The Morgan fingerprint density at radius 3 is 2.47 bits per heavy atom. The molecule has 1 heterocycles. The first-order valence-electron chi connectivity index (χ1n) is 5.40. The van der Waals surface area contributed by atoms with Crippen LogP contribution in [0.3, 0.4) is 0 Å². The highest BCUT2D eigenvalue weighted by molar-refractivity contribution is 6.45. The molecule has 0 atom stereocenters. The molecule has 1 aromatic heterocycles. The topological polar surface area (TPSA) is 76.2 Å². The maximum Gasteiger partial charge on any atom is 0.339 e. The molecule has 0 fully saturated rings. The summed E-state index contributed by atoms with van der Waals surface area (Å²) in [4.78, 5) is 36.9. The van der Waals surface area contributed by atoms with Gasteiger partial charge in [0.15, 0.2) is 5.78 Å². The summed E-state index contributed by atoms with van der Waals surface area (Å²) < 4.78 is 18.4. The summed E-state index contributed by atoms with van der Waals surface area (Å²) in [6.07, 6.45) is 1.21. The number of ketones is 2. The van der Waals surface area contributed by atoms with Crippen molar-refractivity contribution < 1.29 is 23.5 Å². The summed E-state index contributed by atoms with van der Waals surface area (Å²) in [6, 6.07) is 2.31. The smallest absolute Gasteiger partial charge is 0.339 e. The molecule has 0 unspecified atom stereocenters. The number of aromatic nitrogens is 1. The van der Waals surface area contributed by atoms with E-state index in [-0.39, 0.29) is 22.0 Å². The van der Waals surface area contributed by atoms with Crippen LogP contribution in [0.2, 0.25) is 0 Å². The van der Waals surface area contributed by atoms with E-state index < -0.39 is 23.4 Å². The van der Waals surface area contributed by atoms with E-state index in [0.717, 1.165) is 13.0 Å². The lowest BCUT2D eigenvalue weighted by Gasteiger charge is -2.02. The first-order valence-corrected chi connectivity index (χ1v) is 5.40. The Labute approximate surface area is 107 Å². The average Bonchev–Trinajstić information content (AvgIpc) is 2.82. The molecule has 0 amide bonds. The highest BCUT2D eigenvalue weighted by Crippen LogP contribution is 2.26. The summed E-state index contributed by atoms with van der Waals surface area (Å²) in [5, 5.41) is -0.0805. The number of esters is 1. The van der Waals surface area contributed by atoms with E-state index in [1.807, 2.05) is 0 Å². The van der Waals surface area contributed by atoms with Crippen molar-refractivity contribution in [1.29, 1.82) is 0 Å². The molecule has 0 radical (unpaired) electrons. The first kappa shape index (κ1) is 12.9. The van der Waals surface area contributed by atoms with Crippen molar-refractivity contribution in [2.75, 3.05) is 7.11 Å². The van der Waals surface area contributed by atoms with Gasteiger partial charge in [-0.1, -0.05) is 0 Å². The SMILES string of the molecule is COC(=O)c1ccc(F)c2c(C(=O)C(C)=O)c[nH]c12. The number of rotatable bonds is 3. The molecule has 0 bridgehead atoms. The zero-order chi connectivity index (χ0) is 14.2. The average molecular weight is 263 g/mol. The number of benzene rings is 1. The van der Waals surface area contributed by atoms with Crippen molar-refractivity contribution in [3.8, 4) is 0 Å². The van der Waals surface area contributed by atoms with Gasteiger partial charge in [-0.3, -0.25) is 9.59 Å². The van der Waals surface area contributed by atoms with Gasteiger partial charge in [-0.05, 0) is 12.1 Å². The number of ether oxygens (including phenoxy) is 1. The Balaban J connectivity index is 2.76. The molecule has 0 aliphatic rings. The maximum absolute atomic E-state index is 13.8. The fraction of sp³-hybridized carbons (Fsp3) is 0.154. The van der Waals surface area contributed by atoms with Crippen LogP contribution < -0.4 is 0 Å². The maximum atomic E-state index is 13.8. The number of Topliss-reactive ketones (excluding diaryl/α,β-unsaturated/α-hetero) is 2. The van der Waals surface area contributed by atoms with Crippen LogP contribution in [-0.2, 0) is 9.53 Å². The van der Waals surface area contributed by atoms with Crippen molar-refractivity contribution >= 4 is 28.4 Å². The van der Waals surface area contributed by atoms with Crippen LogP contribution in [-0.4, -0.2) is 29.6 Å². The summed E-state index contributed by atoms with van der Waals surface area (Å²) in [5.74, 6) is -2.86. The van der Waals surface area contributed by atoms with Crippen molar-refractivity contribution in [2.45, 2.75) is 6.92 Å². The third kappa shape index (κ3) is 2.01. The van der Waals surface area contributed by atoms with Crippen molar-refractivity contribution in [3.05, 3.63) is 35.3 Å². The number of H-pyrrole nitrogens is 1. The van der Waals surface area contributed by atoms with Crippen LogP contribution in [0.25, 0.3) is 10.9 Å². The summed E-state index contributed by atoms with van der Waals surface area (Å²) in [7, 11) is 1.20. The van der Waals surface area contributed by atoms with E-state index in [1.165, 1.54) is 19.4 Å². The summed E-state index contributed by atoms with van der Waals surface area (Å²) >= 11 is 0. The Bertz CT molecular complexity index is 702. The molecular formula is C13H10FNO4. The van der Waals surface area contributed by atoms with Crippen LogP contribution in [0.1, 0.15) is 27.6 Å². The highest BCUT2D eigenvalue weighted by atomic mass is 19.1. The lowest BCUT2D eigenvalue weighted by atomic mass is 10.0. The number of aromatic amines is 1. The molecule has 6 heteroatoms. The lowest BCUT2D eigenvalue weighted by molar-refractivity contribution is -0.113. The molecule has 0 aliphatic heterocycles. The Hall–Kier alpha value is -2.50. The van der Waals surface area contributed by atoms with Crippen LogP contribution in [0.4, 0.5) is 4.39 Å². The van der Waals surface area contributed by atoms with E-state index in [2.05, 4.69) is 9.72 Å². The zero-order valence-electron chi connectivity index (χ0n) is 10.2. The fourth-order valence-electron chi connectivity index (χ4n) is 1.86. The highest BCUT2D eigenvalue weighted by Gasteiger charge is 2.22. The van der Waals surface area contributed by atoms with Gasteiger partial charge in [0, 0.05) is 18.5 Å². The Kier molecular flexibility index (Phi) is 3.16. The summed E-state index contributed by atoms with van der Waals surface area (Å²) in [6.45, 7) is 1.10. The van der Waals surface area contributed by atoms with Gasteiger partial charge in [0.05, 0.1) is 23.8 Å². The van der Waals surface area contributed by atoms with E-state index in [0.29, 0.717) is 0 Å². The zero-order valence-corrected chi connectivity index (χ0v) is 10.2. The van der Waals surface area contributed by atoms with Gasteiger partial charge in [0.2, 0.25) is 5.78 Å². The predicted octanol–water partition coefficient (Wildman–Crippen LogP) is 1.87. The molecule has 1 N–H and O–H groups in total. The number of hydrogen-bond donors (Lipinski definition) is 1.